The molecular weight excluding hydrogens is 487 g/mol. The highest BCUT2D eigenvalue weighted by atomic mass is 19.1. The van der Waals surface area contributed by atoms with Crippen LogP contribution >= 0.6 is 0 Å². The molecule has 9 nitrogen and oxygen atoms in total. The minimum absolute atomic E-state index is 0.0198. The van der Waals surface area contributed by atoms with Gasteiger partial charge in [-0.15, -0.1) is 0 Å². The van der Waals surface area contributed by atoms with Gasteiger partial charge in [0, 0.05) is 48.3 Å². The number of hydrogen-bond donors (Lipinski definition) is 2. The highest BCUT2D eigenvalue weighted by molar-refractivity contribution is 6.08. The maximum absolute atomic E-state index is 14.5. The topological polar surface area (TPSA) is 105 Å². The molecule has 0 spiro atoms. The van der Waals surface area contributed by atoms with Crippen LogP contribution in [0.15, 0.2) is 69.9 Å². The Morgan fingerprint density at radius 2 is 2.11 bits per heavy atom. The second-order valence-electron chi connectivity index (χ2n) is 10.3. The normalized spacial score (nSPS) is 24.9. The van der Waals surface area contributed by atoms with Gasteiger partial charge in [-0.3, -0.25) is 9.69 Å². The van der Waals surface area contributed by atoms with Crippen molar-refractivity contribution in [3.8, 4) is 5.75 Å². The second kappa shape index (κ2) is 10.0. The summed E-state index contributed by atoms with van der Waals surface area (Å²) in [7, 11) is 1.55. The number of likely N-dealkylation sites (tertiary alicyclic amines) is 1. The summed E-state index contributed by atoms with van der Waals surface area (Å²) >= 11 is 0. The van der Waals surface area contributed by atoms with Crippen molar-refractivity contribution in [3.63, 3.8) is 0 Å². The molecule has 3 aromatic rings. The van der Waals surface area contributed by atoms with Crippen molar-refractivity contribution in [1.29, 1.82) is 0 Å². The summed E-state index contributed by atoms with van der Waals surface area (Å²) in [6, 6.07) is 10.5. The van der Waals surface area contributed by atoms with E-state index >= 15 is 0 Å². The minimum atomic E-state index is -0.281. The summed E-state index contributed by atoms with van der Waals surface area (Å²) in [6.45, 7) is 4.04. The Morgan fingerprint density at radius 1 is 1.24 bits per heavy atom. The molecule has 3 heterocycles. The molecule has 1 fully saturated rings. The Bertz CT molecular complexity index is 1460. The minimum Gasteiger partial charge on any atom is -0.496 e. The molecule has 2 N–H and O–H groups in total. The monoisotopic (exact) mass is 516 g/mol. The number of carbonyl (C=O) groups excluding carboxylic acids is 1. The van der Waals surface area contributed by atoms with Gasteiger partial charge in [0.05, 0.1) is 18.9 Å². The number of carbonyl (C=O) groups is 1. The van der Waals surface area contributed by atoms with Gasteiger partial charge in [-0.25, -0.2) is 9.02 Å². The molecule has 2 aromatic carbocycles. The predicted octanol–water partition coefficient (Wildman–Crippen LogP) is 3.19. The van der Waals surface area contributed by atoms with E-state index in [-0.39, 0.29) is 29.7 Å². The summed E-state index contributed by atoms with van der Waals surface area (Å²) < 4.78 is 24.7. The first-order valence-corrected chi connectivity index (χ1v) is 12.8. The Morgan fingerprint density at radius 3 is 2.97 bits per heavy atom. The van der Waals surface area contributed by atoms with E-state index in [0.717, 1.165) is 24.2 Å². The fourth-order valence-corrected chi connectivity index (χ4v) is 5.69. The third-order valence-corrected chi connectivity index (χ3v) is 7.44. The molecule has 0 bridgehead atoms. The molecule has 6 rings (SSSR count). The highest BCUT2D eigenvalue weighted by Gasteiger charge is 2.34. The zero-order valence-corrected chi connectivity index (χ0v) is 21.2. The van der Waals surface area contributed by atoms with E-state index < -0.39 is 0 Å². The third-order valence-electron chi connectivity index (χ3n) is 7.44. The lowest BCUT2D eigenvalue weighted by Gasteiger charge is -2.37. The number of hydrogen-bond acceptors (Lipinski definition) is 8. The molecule has 1 saturated heterocycles. The molecule has 1 aliphatic carbocycles. The number of ether oxygens (including phenoxy) is 1. The number of fused-ring (bicyclic) bond motifs is 2. The van der Waals surface area contributed by atoms with Crippen molar-refractivity contribution in [2.24, 2.45) is 16.9 Å². The summed E-state index contributed by atoms with van der Waals surface area (Å²) in [5.41, 5.74) is 7.38. The van der Waals surface area contributed by atoms with Gasteiger partial charge in [0.1, 0.15) is 22.6 Å². The van der Waals surface area contributed by atoms with E-state index in [1.54, 1.807) is 19.2 Å². The smallest absolute Gasteiger partial charge is 0.251 e. The van der Waals surface area contributed by atoms with Crippen LogP contribution in [0.1, 0.15) is 24.5 Å². The van der Waals surface area contributed by atoms with E-state index in [9.17, 15) is 9.18 Å². The number of piperidine rings is 1. The molecule has 3 aliphatic rings. The molecule has 0 radical (unpaired) electrons. The van der Waals surface area contributed by atoms with Crippen molar-refractivity contribution in [2.75, 3.05) is 20.2 Å². The van der Waals surface area contributed by atoms with Gasteiger partial charge in [0.15, 0.2) is 0 Å². The Balaban J connectivity index is 1.15. The van der Waals surface area contributed by atoms with Crippen LogP contribution in [0.3, 0.4) is 0 Å². The fraction of sp³-hybridized carbons (Fsp3) is 0.357. The molecule has 4 atom stereocenters. The number of halogens is 1. The summed E-state index contributed by atoms with van der Waals surface area (Å²) in [6.07, 6.45) is 6.66. The van der Waals surface area contributed by atoms with E-state index in [0.29, 0.717) is 46.9 Å². The Labute approximate surface area is 219 Å². The molecule has 1 amide bonds. The van der Waals surface area contributed by atoms with Crippen LogP contribution < -0.4 is 15.5 Å². The number of amides is 1. The number of hydrazone groups is 1. The van der Waals surface area contributed by atoms with E-state index in [2.05, 4.69) is 38.0 Å². The zero-order valence-electron chi connectivity index (χ0n) is 21.2. The van der Waals surface area contributed by atoms with E-state index in [1.165, 1.54) is 6.07 Å². The Kier molecular flexibility index (Phi) is 6.40. The standard InChI is InChI=1S/C28H29FN6O3/c1-16-10-19(14-35(13-16)15-21-22(29)4-3-5-26(21)37-2)30-28(36)18-7-8-23-20(11-18)27(32-31-23)17-6-9-24-25(12-17)34-38-33-24/h3-9,11-12,16,19-20,23,31H,10,13-15H2,1-2H3,(H,30,36)/t16-,19-,20?,23?/m1/s1. The van der Waals surface area contributed by atoms with Crippen LogP contribution in [0.5, 0.6) is 5.75 Å². The third kappa shape index (κ3) is 4.67. The summed E-state index contributed by atoms with van der Waals surface area (Å²) in [5, 5.41) is 15.6. The van der Waals surface area contributed by atoms with Gasteiger partial charge in [0.2, 0.25) is 0 Å². The number of rotatable bonds is 6. The first-order chi connectivity index (χ1) is 18.5. The van der Waals surface area contributed by atoms with E-state index in [4.69, 9.17) is 9.37 Å². The number of methoxy groups -OCH3 is 1. The number of nitrogens with one attached hydrogen (secondary N) is 2. The van der Waals surface area contributed by atoms with Crippen LogP contribution in [0, 0.1) is 17.7 Å². The van der Waals surface area contributed by atoms with Gasteiger partial charge in [-0.05, 0) is 46.9 Å². The van der Waals surface area contributed by atoms with Crippen molar-refractivity contribution in [3.05, 3.63) is 77.1 Å². The van der Waals surface area contributed by atoms with Gasteiger partial charge >= 0.3 is 0 Å². The van der Waals surface area contributed by atoms with Crippen LogP contribution in [-0.4, -0.2) is 59.1 Å². The summed E-state index contributed by atoms with van der Waals surface area (Å²) in [4.78, 5) is 15.5. The van der Waals surface area contributed by atoms with Gasteiger partial charge in [-0.1, -0.05) is 37.3 Å². The van der Waals surface area contributed by atoms with Gasteiger partial charge in [0.25, 0.3) is 5.91 Å². The van der Waals surface area contributed by atoms with Crippen LogP contribution in [0.25, 0.3) is 11.0 Å². The van der Waals surface area contributed by atoms with Crippen LogP contribution in [0.4, 0.5) is 4.39 Å². The molecule has 196 valence electrons. The SMILES string of the molecule is COc1cccc(F)c1CN1C[C@H](C)C[C@@H](NC(=O)C2=CC3C(c4ccc5nonc5c4)=NNC3C=C2)C1. The van der Waals surface area contributed by atoms with Crippen LogP contribution in [0.2, 0.25) is 0 Å². The molecule has 10 heteroatoms. The maximum atomic E-state index is 14.5. The van der Waals surface area contributed by atoms with Crippen molar-refractivity contribution in [2.45, 2.75) is 32.0 Å². The average molecular weight is 517 g/mol. The molecule has 38 heavy (non-hydrogen) atoms. The lowest BCUT2D eigenvalue weighted by molar-refractivity contribution is -0.118. The number of aromatic nitrogens is 2. The predicted molar refractivity (Wildman–Crippen MR) is 140 cm³/mol. The van der Waals surface area contributed by atoms with Crippen molar-refractivity contribution >= 4 is 22.7 Å². The van der Waals surface area contributed by atoms with Gasteiger partial charge < -0.3 is 15.5 Å². The average Bonchev–Trinajstić information content (AvgIpc) is 3.55. The Hall–Kier alpha value is -4.05. The molecule has 1 aromatic heterocycles. The van der Waals surface area contributed by atoms with Crippen LogP contribution in [-0.2, 0) is 11.3 Å². The second-order valence-corrected chi connectivity index (χ2v) is 10.3. The molecular formula is C28H29FN6O3. The fourth-order valence-electron chi connectivity index (χ4n) is 5.69. The van der Waals surface area contributed by atoms with E-state index in [1.807, 2.05) is 36.4 Å². The van der Waals surface area contributed by atoms with Gasteiger partial charge in [-0.2, -0.15) is 5.10 Å². The lowest BCUT2D eigenvalue weighted by atomic mass is 9.85. The molecule has 2 unspecified atom stereocenters. The lowest BCUT2D eigenvalue weighted by Crippen LogP contribution is -2.50. The zero-order chi connectivity index (χ0) is 26.2. The quantitative estimate of drug-likeness (QED) is 0.519. The number of benzene rings is 2. The maximum Gasteiger partial charge on any atom is 0.251 e. The first kappa shape index (κ1) is 24.3. The molecule has 0 saturated carbocycles. The van der Waals surface area contributed by atoms with Crippen molar-refractivity contribution < 1.29 is 18.6 Å². The molecule has 2 aliphatic heterocycles. The van der Waals surface area contributed by atoms with Crippen molar-refractivity contribution in [1.82, 2.24) is 26.0 Å². The number of nitrogens with zero attached hydrogens (tertiary/aromatic N) is 4. The summed E-state index contributed by atoms with van der Waals surface area (Å²) in [5.74, 6) is 0.401. The highest BCUT2D eigenvalue weighted by Crippen LogP contribution is 2.29. The largest absolute Gasteiger partial charge is 0.496 e. The first-order valence-electron chi connectivity index (χ1n) is 12.8.